The Hall–Kier alpha value is -5.23. The molecule has 0 saturated carbocycles. The van der Waals surface area contributed by atoms with Crippen LogP contribution in [-0.2, 0) is 9.68 Å². The molecule has 6 unspecified atom stereocenters. The first-order valence-corrected chi connectivity index (χ1v) is 42.2. The quantitative estimate of drug-likeness (QED) is 0.00930. The second-order valence-electron chi connectivity index (χ2n) is 29.6. The fraction of sp³-hybridized carbons (Fsp3) is 0.458. The molecule has 0 saturated heterocycles. The first-order chi connectivity index (χ1) is 55.5. The average molecular weight is 2020 g/mol. The summed E-state index contributed by atoms with van der Waals surface area (Å²) in [5, 5.41) is 47.2. The number of nitrogens with two attached hydrogens (primary N) is 2. The molecular weight excluding hydrogens is 1910 g/mol. The number of alkyl halides is 1. The Morgan fingerprint density at radius 3 is 1.33 bits per heavy atom. The largest absolute Gasteiger partial charge is 1.00 e. The number of fused-ring (bicyclic) bond motifs is 6. The van der Waals surface area contributed by atoms with Crippen molar-refractivity contribution in [2.24, 2.45) is 35.5 Å². The number of aromatic hydroxyl groups is 1. The van der Waals surface area contributed by atoms with Crippen LogP contribution in [0.4, 0.5) is 17.5 Å². The molecule has 0 amide bonds. The van der Waals surface area contributed by atoms with E-state index in [9.17, 15) is 20.2 Å². The van der Waals surface area contributed by atoms with Gasteiger partial charge in [0.2, 0.25) is 17.5 Å². The Labute approximate surface area is 827 Å². The van der Waals surface area contributed by atoms with Crippen LogP contribution in [0.2, 0.25) is 0 Å². The van der Waals surface area contributed by atoms with Gasteiger partial charge in [-0.25, -0.2) is 29.9 Å². The standard InChI is InChI=1S/C11H16BNO4.C11H14BrNO2.C10H13BrN2O.C10H12BrNO.C10H12N2O3.C10H14N2O.C10H13NO.C5H4BrNO.C5H9Br.CH2O3.2K.H/c1-6(2)7-5-17-9-4-8(12(14)15)11(16-3)13-10(7)9;1-6(2)7-5-15-9-4-8(12)11(14-3)13-10(7)9;1-5(2)6-4-14-8-3-7(11)10(12)13-9(6)8;1-8(2)5-7-13-9-4-3-6-12-10(9)11;1-6(2)7-5-15-8-3-4-9(12(13)14)11-10(7)8;1-6(2)7-5-13-8-3-4-9(11)12-10(7)8;1-7(2)8-6-12-9-4-3-5-11-10(8)9;6-5-4(8)2-1-3-7-5;1-5(2)3-4-6;2-1-4-3;;;/h4,6-7,14-15H,5H2,1-3H3;4,6-7H,5H2,1-3H3;3,5-6H,4H2,1-2H3,(H2,12,13);3-6H,7H2,1-2H3;3-4,6-7H,5H2,1-2H3;3-4,6-7H,5H2,1-2H3,(H2,11,12);3-5,7-8H,6H2,1-2H3;1-3,8H;3H,4H2,1-2H3;1,3H;;;/q;;;;;;;;;;2*+1;-1/p-1. The van der Waals surface area contributed by atoms with Crippen molar-refractivity contribution in [1.29, 1.82) is 0 Å². The monoisotopic (exact) mass is 2020 g/mol. The second-order valence-corrected chi connectivity index (χ2v) is 33.4. The van der Waals surface area contributed by atoms with E-state index in [1.807, 2.05) is 68.6 Å². The van der Waals surface area contributed by atoms with E-state index >= 15 is 0 Å². The number of carbonyl (C=O) groups excluding carboxylic acids is 1. The topological polar surface area (TPSA) is 391 Å². The number of halogens is 5. The van der Waals surface area contributed by atoms with Crippen LogP contribution in [0.5, 0.6) is 57.8 Å². The number of rotatable bonds is 15. The van der Waals surface area contributed by atoms with E-state index in [2.05, 4.69) is 227 Å². The Balaban J connectivity index is 0.000000458. The molecule has 8 aromatic heterocycles. The molecule has 36 heteroatoms. The van der Waals surface area contributed by atoms with Crippen molar-refractivity contribution < 1.29 is 182 Å². The van der Waals surface area contributed by atoms with Crippen molar-refractivity contribution in [3.63, 3.8) is 0 Å². The summed E-state index contributed by atoms with van der Waals surface area (Å²) in [7, 11) is 1.48. The summed E-state index contributed by atoms with van der Waals surface area (Å²) >= 11 is 16.4. The van der Waals surface area contributed by atoms with Gasteiger partial charge in [-0.3, -0.25) is 9.78 Å². The first-order valence-electron chi connectivity index (χ1n) is 37.9. The molecule has 119 heavy (non-hydrogen) atoms. The molecule has 638 valence electrons. The number of carbonyl (C=O) groups is 1. The molecule has 14 rings (SSSR count). The van der Waals surface area contributed by atoms with Gasteiger partial charge >= 0.3 is 116 Å². The fourth-order valence-electron chi connectivity index (χ4n) is 11.6. The Kier molecular flexibility index (Phi) is 50.1. The Morgan fingerprint density at radius 2 is 0.924 bits per heavy atom. The molecule has 6 aliphatic rings. The third-order valence-corrected chi connectivity index (χ3v) is 21.3. The van der Waals surface area contributed by atoms with Crippen molar-refractivity contribution in [2.75, 3.05) is 77.3 Å². The molecule has 28 nitrogen and oxygen atoms in total. The number of ether oxygens (including phenoxy) is 9. The zero-order valence-corrected chi connectivity index (χ0v) is 85.4. The Morgan fingerprint density at radius 1 is 0.538 bits per heavy atom. The molecule has 0 bridgehead atoms. The number of nitrogen functional groups attached to an aromatic ring is 2. The SMILES string of the molecule is CC(C)=CCBr.CC(C)=CCOc1cccnc1Br.CC(C)C1COc2cc(Br)c(N)nc21.CC(C)C1COc2ccc(N)nc21.CC(C)C1COc2ccc([N+](=O)[O-])nc21.CC(C)C1COc2cccnc21.COc1nc2c(cc1B(O)O)OCC2C(C)C.COc1nc2c(cc1Br)OCC2C(C)C.O=CO[O-].Oc1cccnc1Br.[H-].[K+].[K+]. The van der Waals surface area contributed by atoms with Gasteiger partial charge in [-0.1, -0.05) is 116 Å². The summed E-state index contributed by atoms with van der Waals surface area (Å²) in [5.41, 5.74) is 19.9. The second kappa shape index (κ2) is 55.2. The maximum atomic E-state index is 10.6. The molecule has 8 aromatic rings. The number of pyridine rings is 8. The van der Waals surface area contributed by atoms with Crippen LogP contribution in [0.25, 0.3) is 0 Å². The third kappa shape index (κ3) is 34.0. The van der Waals surface area contributed by atoms with Crippen molar-refractivity contribution >= 4 is 116 Å². The van der Waals surface area contributed by atoms with Gasteiger partial charge in [0.15, 0.2) is 11.5 Å². The number of hydrogen-bond donors (Lipinski definition) is 5. The van der Waals surface area contributed by atoms with Crippen LogP contribution >= 0.6 is 79.6 Å². The number of nitrogens with zero attached hydrogens (tertiary/aromatic N) is 9. The summed E-state index contributed by atoms with van der Waals surface area (Å²) in [4.78, 5) is 55.0. The van der Waals surface area contributed by atoms with Gasteiger partial charge in [0, 0.05) is 71.1 Å². The predicted octanol–water partition coefficient (Wildman–Crippen LogP) is 11.2. The van der Waals surface area contributed by atoms with E-state index in [1.165, 1.54) is 24.3 Å². The van der Waals surface area contributed by atoms with E-state index in [0.717, 1.165) is 108 Å². The van der Waals surface area contributed by atoms with Gasteiger partial charge in [0.05, 0.1) is 97.2 Å². The number of aromatic nitrogens is 8. The molecular formula is C83H109BBr5K2N11O17. The van der Waals surface area contributed by atoms with Crippen molar-refractivity contribution in [3.8, 4) is 57.8 Å². The summed E-state index contributed by atoms with van der Waals surface area (Å²) < 4.78 is 51.7. The Bertz CT molecular complexity index is 4530. The summed E-state index contributed by atoms with van der Waals surface area (Å²) in [6, 6.07) is 23.0. The predicted molar refractivity (Wildman–Crippen MR) is 470 cm³/mol. The molecule has 6 atom stereocenters. The molecule has 0 aromatic carbocycles. The van der Waals surface area contributed by atoms with Crippen molar-refractivity contribution in [1.82, 2.24) is 39.9 Å². The van der Waals surface area contributed by atoms with Gasteiger partial charge in [-0.15, -0.1) is 0 Å². The average Bonchev–Trinajstić information content (AvgIpc) is 1.63. The minimum Gasteiger partial charge on any atom is -1.00 e. The van der Waals surface area contributed by atoms with E-state index in [-0.39, 0.29) is 145 Å². The third-order valence-electron chi connectivity index (χ3n) is 18.5. The molecule has 0 fully saturated rings. The molecule has 0 spiro atoms. The van der Waals surface area contributed by atoms with Crippen LogP contribution in [0, 0.1) is 45.6 Å². The number of hydrogen-bond acceptors (Lipinski definition) is 27. The smallest absolute Gasteiger partial charge is 1.00 e. The number of nitro groups is 1. The van der Waals surface area contributed by atoms with E-state index < -0.39 is 12.0 Å². The van der Waals surface area contributed by atoms with E-state index in [0.29, 0.717) is 113 Å². The maximum Gasteiger partial charge on any atom is 1.00 e. The van der Waals surface area contributed by atoms with Gasteiger partial charge in [-0.2, -0.15) is 0 Å². The zero-order chi connectivity index (χ0) is 86.9. The van der Waals surface area contributed by atoms with Crippen molar-refractivity contribution in [3.05, 3.63) is 183 Å². The van der Waals surface area contributed by atoms with Crippen LogP contribution in [0.15, 0.2) is 139 Å². The maximum absolute atomic E-state index is 10.6. The van der Waals surface area contributed by atoms with Crippen LogP contribution < -0.4 is 168 Å². The number of methoxy groups -OCH3 is 2. The fourth-order valence-corrected chi connectivity index (χ4v) is 13.6. The summed E-state index contributed by atoms with van der Waals surface area (Å²) in [6.07, 6.45) is 9.31. The molecule has 6 aliphatic heterocycles. The minimum absolute atomic E-state index is 0. The normalized spacial score (nSPS) is 16.1. The van der Waals surface area contributed by atoms with Crippen LogP contribution in [0.1, 0.15) is 182 Å². The molecule has 7 N–H and O–H groups in total. The molecule has 0 radical (unpaired) electrons. The minimum atomic E-state index is -1.61. The van der Waals surface area contributed by atoms with Gasteiger partial charge in [0.25, 0.3) is 6.47 Å². The summed E-state index contributed by atoms with van der Waals surface area (Å²) in [5.74, 6) is 12.8. The van der Waals surface area contributed by atoms with E-state index in [4.69, 9.17) is 69.3 Å². The van der Waals surface area contributed by atoms with Gasteiger partial charge < -0.3 is 90.9 Å². The number of allylic oxidation sites excluding steroid dienone is 3. The van der Waals surface area contributed by atoms with Gasteiger partial charge in [0.1, 0.15) is 61.9 Å². The molecule has 14 heterocycles. The summed E-state index contributed by atoms with van der Waals surface area (Å²) in [6.45, 7) is 38.6. The zero-order valence-electron chi connectivity index (χ0n) is 72.3. The molecule has 0 aliphatic carbocycles. The van der Waals surface area contributed by atoms with Crippen molar-refractivity contribution in [2.45, 2.75) is 146 Å². The van der Waals surface area contributed by atoms with E-state index in [1.54, 1.807) is 49.8 Å². The van der Waals surface area contributed by atoms with Crippen LogP contribution in [0.3, 0.4) is 0 Å². The van der Waals surface area contributed by atoms with Crippen LogP contribution in [-0.4, -0.2) is 139 Å². The first kappa shape index (κ1) is 108. The number of anilines is 2. The van der Waals surface area contributed by atoms with Gasteiger partial charge in [-0.05, 0) is 210 Å².